The van der Waals surface area contributed by atoms with Crippen LogP contribution in [-0.2, 0) is 0 Å². The number of aliphatic hydroxyl groups excluding tert-OH is 1. The van der Waals surface area contributed by atoms with Gasteiger partial charge in [0, 0.05) is 0 Å². The Labute approximate surface area is 87.2 Å². The summed E-state index contributed by atoms with van der Waals surface area (Å²) in [6.45, 7) is 3.56. The van der Waals surface area contributed by atoms with Crippen molar-refractivity contribution in [1.29, 1.82) is 0 Å². The fourth-order valence-electron chi connectivity index (χ4n) is 0. The van der Waals surface area contributed by atoms with E-state index in [4.69, 9.17) is 5.11 Å². The van der Waals surface area contributed by atoms with Crippen LogP contribution in [0.2, 0.25) is 0 Å². The summed E-state index contributed by atoms with van der Waals surface area (Å²) >= 11 is 0. The first-order valence-corrected chi connectivity index (χ1v) is 1.47. The standard InChI is InChI=1S/C4H7O.Rb/c1-4(2)3-5;/h5H,1-2H3;/q-1;+1. The van der Waals surface area contributed by atoms with Gasteiger partial charge < -0.3 is 11.4 Å². The third-order valence-electron chi connectivity index (χ3n) is 0.224. The van der Waals surface area contributed by atoms with Crippen LogP contribution in [0, 0.1) is 6.26 Å². The van der Waals surface area contributed by atoms with Gasteiger partial charge in [-0.25, -0.2) is 5.57 Å². The Morgan fingerprint density at radius 2 is 1.67 bits per heavy atom. The van der Waals surface area contributed by atoms with E-state index in [1.807, 2.05) is 6.26 Å². The Morgan fingerprint density at radius 1 is 1.50 bits per heavy atom. The van der Waals surface area contributed by atoms with E-state index in [1.54, 1.807) is 13.8 Å². The minimum atomic E-state index is 0. The maximum atomic E-state index is 7.86. The second kappa shape index (κ2) is 6.35. The molecular weight excluding hydrogens is 150 g/mol. The van der Waals surface area contributed by atoms with Crippen molar-refractivity contribution in [1.82, 2.24) is 0 Å². The molecule has 0 aromatic rings. The van der Waals surface area contributed by atoms with Crippen LogP contribution in [0.25, 0.3) is 0 Å². The van der Waals surface area contributed by atoms with Gasteiger partial charge in [-0.1, -0.05) is 13.8 Å². The van der Waals surface area contributed by atoms with Gasteiger partial charge in [0.15, 0.2) is 0 Å². The number of hydrogen-bond acceptors (Lipinski definition) is 1. The maximum absolute atomic E-state index is 7.86. The van der Waals surface area contributed by atoms with Crippen LogP contribution in [0.5, 0.6) is 0 Å². The third kappa shape index (κ3) is 9.02. The normalized spacial score (nSPS) is 5.67. The largest absolute Gasteiger partial charge is 1.00 e. The van der Waals surface area contributed by atoms with Gasteiger partial charge in [0.2, 0.25) is 0 Å². The van der Waals surface area contributed by atoms with E-state index in [-0.39, 0.29) is 58.2 Å². The summed E-state index contributed by atoms with van der Waals surface area (Å²) in [7, 11) is 0. The van der Waals surface area contributed by atoms with Gasteiger partial charge in [-0.15, -0.1) is 0 Å². The fraction of sp³-hybridized carbons (Fsp3) is 0.500. The van der Waals surface area contributed by atoms with Gasteiger partial charge in [-0.05, 0) is 0 Å². The summed E-state index contributed by atoms with van der Waals surface area (Å²) in [6.07, 6.45) is 1.94. The van der Waals surface area contributed by atoms with Crippen molar-refractivity contribution < 1.29 is 63.3 Å². The molecule has 2 heteroatoms. The molecule has 0 saturated carbocycles. The summed E-state index contributed by atoms with van der Waals surface area (Å²) in [5.41, 5.74) is 0.810. The van der Waals surface area contributed by atoms with Crippen molar-refractivity contribution in [3.8, 4) is 0 Å². The Morgan fingerprint density at radius 3 is 1.67 bits per heavy atom. The van der Waals surface area contributed by atoms with E-state index in [2.05, 4.69) is 0 Å². The molecule has 0 heterocycles. The Balaban J connectivity index is 0. The minimum absolute atomic E-state index is 0. The first kappa shape index (κ1) is 10.4. The molecule has 1 N–H and O–H groups in total. The molecule has 6 heavy (non-hydrogen) atoms. The fourth-order valence-corrected chi connectivity index (χ4v) is 0. The van der Waals surface area contributed by atoms with Crippen LogP contribution < -0.4 is 58.2 Å². The van der Waals surface area contributed by atoms with E-state index in [0.29, 0.717) is 0 Å². The van der Waals surface area contributed by atoms with Crippen LogP contribution in [0.3, 0.4) is 0 Å². The molecule has 0 aliphatic rings. The first-order chi connectivity index (χ1) is 2.27. The number of allylic oxidation sites excluding steroid dienone is 1. The molecule has 0 atom stereocenters. The second-order valence-corrected chi connectivity index (χ2v) is 1.11. The zero-order valence-corrected chi connectivity index (χ0v) is 9.36. The topological polar surface area (TPSA) is 20.2 Å². The predicted molar refractivity (Wildman–Crippen MR) is 20.7 cm³/mol. The van der Waals surface area contributed by atoms with E-state index >= 15 is 0 Å². The monoisotopic (exact) mass is 156 g/mol. The van der Waals surface area contributed by atoms with Crippen LogP contribution in [-0.4, -0.2) is 5.11 Å². The Bertz CT molecular complexity index is 45.5. The van der Waals surface area contributed by atoms with Gasteiger partial charge in [0.05, 0.1) is 0 Å². The van der Waals surface area contributed by atoms with Crippen molar-refractivity contribution in [2.45, 2.75) is 13.8 Å². The molecule has 0 bridgehead atoms. The molecule has 0 spiro atoms. The van der Waals surface area contributed by atoms with Crippen molar-refractivity contribution in [3.63, 3.8) is 0 Å². The summed E-state index contributed by atoms with van der Waals surface area (Å²) in [5, 5.41) is 7.86. The molecule has 0 radical (unpaired) electrons. The first-order valence-electron chi connectivity index (χ1n) is 1.47. The van der Waals surface area contributed by atoms with Crippen LogP contribution in [0.1, 0.15) is 13.8 Å². The molecule has 0 aromatic carbocycles. The average molecular weight is 157 g/mol. The zero-order chi connectivity index (χ0) is 4.28. The molecule has 0 amide bonds. The molecule has 1 nitrogen and oxygen atoms in total. The van der Waals surface area contributed by atoms with Crippen LogP contribution in [0.4, 0.5) is 0 Å². The van der Waals surface area contributed by atoms with E-state index in [9.17, 15) is 0 Å². The van der Waals surface area contributed by atoms with Crippen molar-refractivity contribution in [2.24, 2.45) is 0 Å². The van der Waals surface area contributed by atoms with Crippen LogP contribution in [0.15, 0.2) is 5.57 Å². The molecule has 0 aliphatic heterocycles. The predicted octanol–water partition coefficient (Wildman–Crippen LogP) is -1.72. The average Bonchev–Trinajstić information content (AvgIpc) is 1.38. The summed E-state index contributed by atoms with van der Waals surface area (Å²) in [5.74, 6) is 0. The number of rotatable bonds is 0. The maximum Gasteiger partial charge on any atom is 1.00 e. The smallest absolute Gasteiger partial charge is 0.705 e. The third-order valence-corrected chi connectivity index (χ3v) is 0.224. The van der Waals surface area contributed by atoms with E-state index in [1.165, 1.54) is 0 Å². The number of hydrogen-bond donors (Lipinski definition) is 1. The van der Waals surface area contributed by atoms with Gasteiger partial charge in [0.25, 0.3) is 0 Å². The molecule has 0 aromatic heterocycles. The Hall–Kier alpha value is 1.35. The molecule has 0 unspecified atom stereocenters. The van der Waals surface area contributed by atoms with Crippen molar-refractivity contribution in [2.75, 3.05) is 0 Å². The van der Waals surface area contributed by atoms with Crippen molar-refractivity contribution >= 4 is 0 Å². The molecule has 0 fully saturated rings. The summed E-state index contributed by atoms with van der Waals surface area (Å²) < 4.78 is 0. The summed E-state index contributed by atoms with van der Waals surface area (Å²) in [6, 6.07) is 0. The minimum Gasteiger partial charge on any atom is -0.705 e. The van der Waals surface area contributed by atoms with Gasteiger partial charge >= 0.3 is 58.2 Å². The second-order valence-electron chi connectivity index (χ2n) is 1.11. The van der Waals surface area contributed by atoms with Gasteiger partial charge in [-0.2, -0.15) is 0 Å². The molecule has 0 saturated heterocycles. The van der Waals surface area contributed by atoms with Gasteiger partial charge in [-0.3, -0.25) is 0 Å². The SMILES string of the molecule is CC(C)=[C-]O.[Rb+]. The van der Waals surface area contributed by atoms with Crippen molar-refractivity contribution in [3.05, 3.63) is 11.8 Å². The molecule has 0 aliphatic carbocycles. The molecule has 30 valence electrons. The van der Waals surface area contributed by atoms with Gasteiger partial charge in [0.1, 0.15) is 0 Å². The van der Waals surface area contributed by atoms with Crippen LogP contribution >= 0.6 is 0 Å². The quantitative estimate of drug-likeness (QED) is 0.327. The van der Waals surface area contributed by atoms with E-state index < -0.39 is 0 Å². The summed E-state index contributed by atoms with van der Waals surface area (Å²) in [4.78, 5) is 0. The Kier molecular flexibility index (Phi) is 10.9. The van der Waals surface area contributed by atoms with E-state index in [0.717, 1.165) is 5.57 Å². The molecule has 0 rings (SSSR count). The number of aliphatic hydroxyl groups is 1. The molecular formula is C4H7ORb. The zero-order valence-electron chi connectivity index (χ0n) is 4.45.